The maximum atomic E-state index is 13.6. The van der Waals surface area contributed by atoms with Crippen LogP contribution in [0, 0.1) is 0 Å². The van der Waals surface area contributed by atoms with E-state index in [2.05, 4.69) is 21.1 Å². The third kappa shape index (κ3) is 5.73. The number of ether oxygens (including phenoxy) is 1. The van der Waals surface area contributed by atoms with Crippen LogP contribution in [-0.2, 0) is 35.6 Å². The average molecular weight is 581 g/mol. The first-order chi connectivity index (χ1) is 16.6. The lowest BCUT2D eigenvalue weighted by atomic mass is 10.0. The molecule has 11 heteroatoms. The van der Waals surface area contributed by atoms with Crippen molar-refractivity contribution in [3.63, 3.8) is 0 Å². The number of hydrogen-bond donors (Lipinski definition) is 0. The fourth-order valence-corrected chi connectivity index (χ4v) is 6.33. The van der Waals surface area contributed by atoms with Gasteiger partial charge in [0.05, 0.1) is 16.2 Å². The molecule has 0 N–H and O–H groups in total. The molecule has 3 rings (SSSR count). The van der Waals surface area contributed by atoms with Gasteiger partial charge < -0.3 is 14.5 Å². The van der Waals surface area contributed by atoms with Crippen molar-refractivity contribution in [1.82, 2.24) is 9.80 Å². The van der Waals surface area contributed by atoms with Gasteiger partial charge in [0.1, 0.15) is 17.9 Å². The predicted molar refractivity (Wildman–Crippen MR) is 140 cm³/mol. The molecule has 0 aliphatic carbocycles. The van der Waals surface area contributed by atoms with Gasteiger partial charge in [-0.2, -0.15) is 0 Å². The van der Waals surface area contributed by atoms with E-state index in [1.54, 1.807) is 46.7 Å². The standard InChI is InChI=1S/C25H30BrN3O6S/c1-15(27-34-14-17-9-8-10-18(26)12-17)11-19-22(30)29-21(24(31)35-25(3,4)5)16(2)20(13-28(6)7)36(32,33)23(19)29/h8-13,23H,14H2,1-7H3/b19-11-,20-13+,27-15+. The largest absolute Gasteiger partial charge is 0.455 e. The Hall–Kier alpha value is -2.92. The molecule has 0 bridgehead atoms. The highest BCUT2D eigenvalue weighted by molar-refractivity contribution is 9.10. The Morgan fingerprint density at radius 3 is 2.53 bits per heavy atom. The van der Waals surface area contributed by atoms with Gasteiger partial charge in [-0.25, -0.2) is 13.2 Å². The van der Waals surface area contributed by atoms with Crippen molar-refractivity contribution in [1.29, 1.82) is 0 Å². The van der Waals surface area contributed by atoms with Crippen LogP contribution in [0.15, 0.2) is 67.9 Å². The van der Waals surface area contributed by atoms with Crippen LogP contribution in [0.25, 0.3) is 0 Å². The second kappa shape index (κ2) is 10.2. The summed E-state index contributed by atoms with van der Waals surface area (Å²) >= 11 is 3.39. The summed E-state index contributed by atoms with van der Waals surface area (Å²) in [6.45, 7) is 8.40. The van der Waals surface area contributed by atoms with Crippen molar-refractivity contribution in [2.75, 3.05) is 14.1 Å². The van der Waals surface area contributed by atoms with Crippen LogP contribution in [0.5, 0.6) is 0 Å². The monoisotopic (exact) mass is 579 g/mol. The zero-order chi connectivity index (χ0) is 27.0. The number of carbonyl (C=O) groups is 2. The summed E-state index contributed by atoms with van der Waals surface area (Å²) in [5.41, 5.74) is 0.440. The van der Waals surface area contributed by atoms with Crippen molar-refractivity contribution < 1.29 is 27.6 Å². The van der Waals surface area contributed by atoms with Crippen LogP contribution in [0.1, 0.15) is 40.2 Å². The first kappa shape index (κ1) is 27.7. The van der Waals surface area contributed by atoms with Gasteiger partial charge in [0, 0.05) is 30.3 Å². The number of sulfone groups is 1. The average Bonchev–Trinajstić information content (AvgIpc) is 2.73. The minimum Gasteiger partial charge on any atom is -0.455 e. The van der Waals surface area contributed by atoms with Crippen LogP contribution < -0.4 is 0 Å². The molecule has 1 aromatic rings. The smallest absolute Gasteiger partial charge is 0.355 e. The van der Waals surface area contributed by atoms with Crippen molar-refractivity contribution >= 4 is 43.4 Å². The van der Waals surface area contributed by atoms with Gasteiger partial charge in [-0.3, -0.25) is 9.69 Å². The number of β-lactam (4-membered cyclic amide) rings is 1. The summed E-state index contributed by atoms with van der Waals surface area (Å²) in [4.78, 5) is 34.1. The molecule has 1 unspecified atom stereocenters. The zero-order valence-electron chi connectivity index (χ0n) is 21.3. The Morgan fingerprint density at radius 1 is 1.28 bits per heavy atom. The van der Waals surface area contributed by atoms with Gasteiger partial charge in [-0.15, -0.1) is 0 Å². The minimum absolute atomic E-state index is 0.000482. The summed E-state index contributed by atoms with van der Waals surface area (Å²) in [5.74, 6) is -1.37. The van der Waals surface area contributed by atoms with E-state index < -0.39 is 32.7 Å². The van der Waals surface area contributed by atoms with E-state index in [1.165, 1.54) is 19.2 Å². The van der Waals surface area contributed by atoms with Gasteiger partial charge in [-0.1, -0.05) is 33.2 Å². The summed E-state index contributed by atoms with van der Waals surface area (Å²) < 4.78 is 33.5. The van der Waals surface area contributed by atoms with Gasteiger partial charge in [-0.05, 0) is 58.4 Å². The minimum atomic E-state index is -4.03. The van der Waals surface area contributed by atoms with Gasteiger partial charge in [0.25, 0.3) is 5.91 Å². The Kier molecular flexibility index (Phi) is 7.85. The lowest BCUT2D eigenvalue weighted by Crippen LogP contribution is -2.62. The fourth-order valence-electron chi connectivity index (χ4n) is 3.78. The highest BCUT2D eigenvalue weighted by atomic mass is 79.9. The van der Waals surface area contributed by atoms with E-state index in [0.29, 0.717) is 5.71 Å². The quantitative estimate of drug-likeness (QED) is 0.165. The third-order valence-corrected chi connectivity index (χ3v) is 7.76. The SMILES string of the molecule is CC1=C(C(=O)OC(C)(C)C)N2C(=O)/C(=C/C(C)=N/OCc3cccc(Br)c3)C2S(=O)(=O)/C1=C/N(C)C. The van der Waals surface area contributed by atoms with E-state index in [-0.39, 0.29) is 28.4 Å². The summed E-state index contributed by atoms with van der Waals surface area (Å²) in [5, 5.41) is 2.65. The predicted octanol–water partition coefficient (Wildman–Crippen LogP) is 3.88. The normalized spacial score (nSPS) is 21.9. The molecule has 1 fully saturated rings. The number of hydrogen-bond acceptors (Lipinski definition) is 8. The molecule has 194 valence electrons. The topological polar surface area (TPSA) is 106 Å². The van der Waals surface area contributed by atoms with Crippen molar-refractivity contribution in [3.05, 3.63) is 68.3 Å². The molecule has 0 radical (unpaired) electrons. The molecule has 1 saturated heterocycles. The summed E-state index contributed by atoms with van der Waals surface area (Å²) in [6.07, 6.45) is 2.80. The number of carbonyl (C=O) groups excluding carboxylic acids is 2. The first-order valence-electron chi connectivity index (χ1n) is 11.2. The lowest BCUT2D eigenvalue weighted by molar-refractivity contribution is -0.155. The Morgan fingerprint density at radius 2 is 1.94 bits per heavy atom. The summed E-state index contributed by atoms with van der Waals surface area (Å²) in [6, 6.07) is 7.52. The molecule has 2 heterocycles. The van der Waals surface area contributed by atoms with E-state index in [1.807, 2.05) is 24.3 Å². The molecule has 0 spiro atoms. The van der Waals surface area contributed by atoms with Gasteiger partial charge in [0.2, 0.25) is 9.84 Å². The van der Waals surface area contributed by atoms with E-state index in [9.17, 15) is 18.0 Å². The highest BCUT2D eigenvalue weighted by Crippen LogP contribution is 2.45. The fraction of sp³-hybridized carbons (Fsp3) is 0.400. The number of benzene rings is 1. The molecule has 9 nitrogen and oxygen atoms in total. The van der Waals surface area contributed by atoms with Crippen molar-refractivity contribution in [2.24, 2.45) is 5.16 Å². The first-order valence-corrected chi connectivity index (χ1v) is 13.5. The highest BCUT2D eigenvalue weighted by Gasteiger charge is 2.58. The van der Waals surface area contributed by atoms with Crippen molar-refractivity contribution in [2.45, 2.75) is 52.2 Å². The second-order valence-corrected chi connectivity index (χ2v) is 12.6. The van der Waals surface area contributed by atoms with Crippen LogP contribution in [-0.4, -0.2) is 60.9 Å². The zero-order valence-corrected chi connectivity index (χ0v) is 23.7. The lowest BCUT2D eigenvalue weighted by Gasteiger charge is -2.46. The van der Waals surface area contributed by atoms with E-state index in [4.69, 9.17) is 9.57 Å². The molecular formula is C25H30BrN3O6S. The number of halogens is 1. The van der Waals surface area contributed by atoms with E-state index >= 15 is 0 Å². The van der Waals surface area contributed by atoms with E-state index in [0.717, 1.165) is 14.9 Å². The number of allylic oxidation sites excluding steroid dienone is 2. The summed E-state index contributed by atoms with van der Waals surface area (Å²) in [7, 11) is -0.669. The molecule has 36 heavy (non-hydrogen) atoms. The van der Waals surface area contributed by atoms with Gasteiger partial charge in [0.15, 0.2) is 5.37 Å². The molecule has 1 aromatic carbocycles. The molecule has 0 saturated carbocycles. The Balaban J connectivity index is 1.97. The molecule has 0 aromatic heterocycles. The number of rotatable bonds is 6. The Bertz CT molecular complexity index is 1320. The molecule has 2 aliphatic heterocycles. The molecule has 2 aliphatic rings. The van der Waals surface area contributed by atoms with Crippen LogP contribution >= 0.6 is 15.9 Å². The third-order valence-electron chi connectivity index (χ3n) is 5.19. The second-order valence-electron chi connectivity index (χ2n) is 9.74. The molecular weight excluding hydrogens is 550 g/mol. The number of nitrogens with zero attached hydrogens (tertiary/aromatic N) is 3. The van der Waals surface area contributed by atoms with Crippen molar-refractivity contribution in [3.8, 4) is 0 Å². The Labute approximate surface area is 220 Å². The maximum Gasteiger partial charge on any atom is 0.355 e. The number of amides is 1. The number of oxime groups is 1. The van der Waals surface area contributed by atoms with Crippen LogP contribution in [0.3, 0.4) is 0 Å². The molecule has 1 atom stereocenters. The molecule has 1 amide bonds. The maximum absolute atomic E-state index is 13.6. The number of fused-ring (bicyclic) bond motifs is 1. The van der Waals surface area contributed by atoms with Gasteiger partial charge >= 0.3 is 5.97 Å². The number of esters is 1. The van der Waals surface area contributed by atoms with Crippen LogP contribution in [0.2, 0.25) is 0 Å². The van der Waals surface area contributed by atoms with Crippen LogP contribution in [0.4, 0.5) is 0 Å².